The van der Waals surface area contributed by atoms with Gasteiger partial charge in [-0.1, -0.05) is 6.07 Å². The summed E-state index contributed by atoms with van der Waals surface area (Å²) in [6.45, 7) is 0.0850. The van der Waals surface area contributed by atoms with Crippen LogP contribution >= 0.6 is 0 Å². The Balaban J connectivity index is 1.53. The number of aromatic nitrogens is 1. The quantitative estimate of drug-likeness (QED) is 0.276. The van der Waals surface area contributed by atoms with Gasteiger partial charge in [0.2, 0.25) is 5.88 Å². The lowest BCUT2D eigenvalue weighted by Crippen LogP contribution is -2.15. The van der Waals surface area contributed by atoms with Gasteiger partial charge in [-0.15, -0.1) is 4.91 Å². The van der Waals surface area contributed by atoms with Gasteiger partial charge in [-0.2, -0.15) is 0 Å². The molecule has 11 heteroatoms. The molecule has 0 spiro atoms. The molecule has 0 saturated heterocycles. The van der Waals surface area contributed by atoms with Crippen LogP contribution < -0.4 is 10.1 Å². The number of ether oxygens (including phenoxy) is 2. The Hall–Kier alpha value is -4.90. The number of nitrogens with zero attached hydrogens (tertiary/aromatic N) is 2. The van der Waals surface area contributed by atoms with Crippen LogP contribution in [0, 0.1) is 10.7 Å². The Morgan fingerprint density at radius 2 is 1.92 bits per heavy atom. The third kappa shape index (κ3) is 4.32. The summed E-state index contributed by atoms with van der Waals surface area (Å²) in [5.41, 5.74) is 1.75. The fourth-order valence-corrected chi connectivity index (χ4v) is 4.32. The molecule has 0 fully saturated rings. The van der Waals surface area contributed by atoms with Gasteiger partial charge in [0.1, 0.15) is 11.6 Å². The predicted molar refractivity (Wildman–Crippen MR) is 130 cm³/mol. The maximum atomic E-state index is 14.3. The van der Waals surface area contributed by atoms with Crippen LogP contribution in [0.3, 0.4) is 0 Å². The van der Waals surface area contributed by atoms with Crippen LogP contribution in [0.4, 0.5) is 15.8 Å². The summed E-state index contributed by atoms with van der Waals surface area (Å²) in [6, 6.07) is 11.2. The lowest BCUT2D eigenvalue weighted by molar-refractivity contribution is -0.0173. The Morgan fingerprint density at radius 3 is 2.68 bits per heavy atom. The maximum Gasteiger partial charge on any atom is 0.255 e. The standard InChI is InChI=1S/C26H18FN3O7/c27-19-6-16(24-18(7-19)12-36-13-37-24)9-30-22-8-20(3-4-21(22)23(29-35)26(30)34)28-25(33)14-1-2-15(10-31)17(5-14)11-32/h1-8,10-11,34H,9,12-13H2,(H,28,33). The van der Waals surface area contributed by atoms with Gasteiger partial charge >= 0.3 is 0 Å². The fourth-order valence-electron chi connectivity index (χ4n) is 4.32. The Labute approximate surface area is 208 Å². The first-order valence-corrected chi connectivity index (χ1v) is 11.0. The van der Waals surface area contributed by atoms with E-state index in [4.69, 9.17) is 9.47 Å². The van der Waals surface area contributed by atoms with Gasteiger partial charge in [0, 0.05) is 38.9 Å². The van der Waals surface area contributed by atoms with Crippen molar-refractivity contribution in [2.75, 3.05) is 12.1 Å². The van der Waals surface area contributed by atoms with Gasteiger partial charge in [-0.25, -0.2) is 4.39 Å². The number of benzene rings is 3. The number of hydrogen-bond acceptors (Lipinski definition) is 8. The molecule has 0 bridgehead atoms. The molecule has 1 amide bonds. The number of aldehydes is 2. The summed E-state index contributed by atoms with van der Waals surface area (Å²) in [6.07, 6.45) is 1.00. The van der Waals surface area contributed by atoms with Gasteiger partial charge in [0.05, 0.1) is 18.7 Å². The molecule has 0 unspecified atom stereocenters. The molecule has 0 aliphatic carbocycles. The molecule has 3 aromatic carbocycles. The van der Waals surface area contributed by atoms with E-state index in [0.717, 1.165) is 0 Å². The summed E-state index contributed by atoms with van der Waals surface area (Å²) < 4.78 is 26.4. The van der Waals surface area contributed by atoms with E-state index in [0.29, 0.717) is 46.0 Å². The van der Waals surface area contributed by atoms with Crippen molar-refractivity contribution >= 4 is 40.8 Å². The van der Waals surface area contributed by atoms with Crippen LogP contribution in [0.5, 0.6) is 11.6 Å². The Kier molecular flexibility index (Phi) is 6.20. The Bertz CT molecular complexity index is 1600. The number of rotatable bonds is 7. The molecular weight excluding hydrogens is 485 g/mol. The van der Waals surface area contributed by atoms with Crippen molar-refractivity contribution in [3.05, 3.63) is 87.1 Å². The van der Waals surface area contributed by atoms with Crippen molar-refractivity contribution in [3.63, 3.8) is 0 Å². The molecule has 186 valence electrons. The van der Waals surface area contributed by atoms with Crippen molar-refractivity contribution in [3.8, 4) is 11.6 Å². The van der Waals surface area contributed by atoms with Crippen LogP contribution in [0.25, 0.3) is 10.9 Å². The SMILES string of the molecule is O=Cc1ccc(C(=O)Nc2ccc3c(N=O)c(O)n(Cc4cc(F)cc5c4OCOC5)c3c2)cc1C=O. The van der Waals surface area contributed by atoms with E-state index in [1.165, 1.54) is 53.1 Å². The number of hydrogen-bond donors (Lipinski definition) is 2. The smallest absolute Gasteiger partial charge is 0.255 e. The summed E-state index contributed by atoms with van der Waals surface area (Å²) in [4.78, 5) is 46.6. The van der Waals surface area contributed by atoms with Crippen LogP contribution in [-0.2, 0) is 17.9 Å². The zero-order valence-electron chi connectivity index (χ0n) is 19.1. The van der Waals surface area contributed by atoms with Crippen molar-refractivity contribution in [2.24, 2.45) is 5.18 Å². The van der Waals surface area contributed by atoms with E-state index in [1.54, 1.807) is 0 Å². The van der Waals surface area contributed by atoms with E-state index in [9.17, 15) is 28.8 Å². The maximum absolute atomic E-state index is 14.3. The minimum atomic E-state index is -0.552. The molecule has 4 aromatic rings. The zero-order chi connectivity index (χ0) is 26.1. The average Bonchev–Trinajstić information content (AvgIpc) is 3.17. The van der Waals surface area contributed by atoms with Crippen molar-refractivity contribution in [2.45, 2.75) is 13.2 Å². The number of nitroso groups, excluding NO2 is 1. The number of nitrogens with one attached hydrogen (secondary N) is 1. The van der Waals surface area contributed by atoms with Gasteiger partial charge in [-0.05, 0) is 47.6 Å². The Morgan fingerprint density at radius 1 is 1.11 bits per heavy atom. The fraction of sp³-hybridized carbons (Fsp3) is 0.115. The van der Waals surface area contributed by atoms with Crippen molar-refractivity contribution in [1.29, 1.82) is 0 Å². The molecule has 1 aliphatic rings. The second-order valence-electron chi connectivity index (χ2n) is 8.28. The van der Waals surface area contributed by atoms with Crippen LogP contribution in [0.15, 0.2) is 53.7 Å². The molecule has 5 rings (SSSR count). The number of anilines is 1. The molecule has 1 aromatic heterocycles. The minimum absolute atomic E-state index is 0.0129. The van der Waals surface area contributed by atoms with Gasteiger partial charge in [0.25, 0.3) is 5.91 Å². The molecule has 0 atom stereocenters. The van der Waals surface area contributed by atoms with Gasteiger partial charge in [0.15, 0.2) is 25.1 Å². The van der Waals surface area contributed by atoms with Crippen molar-refractivity contribution < 1.29 is 33.4 Å². The van der Waals surface area contributed by atoms with Crippen LogP contribution in [0.1, 0.15) is 42.2 Å². The van der Waals surface area contributed by atoms with Gasteiger partial charge < -0.3 is 24.5 Å². The highest BCUT2D eigenvalue weighted by Crippen LogP contribution is 2.41. The molecule has 10 nitrogen and oxygen atoms in total. The predicted octanol–water partition coefficient (Wildman–Crippen LogP) is 4.68. The molecule has 0 saturated carbocycles. The van der Waals surface area contributed by atoms with Gasteiger partial charge in [-0.3, -0.25) is 14.4 Å². The molecule has 37 heavy (non-hydrogen) atoms. The van der Waals surface area contributed by atoms with E-state index in [1.807, 2.05) is 0 Å². The highest BCUT2D eigenvalue weighted by Gasteiger charge is 2.23. The van der Waals surface area contributed by atoms with E-state index in [2.05, 4.69) is 10.5 Å². The van der Waals surface area contributed by atoms with E-state index in [-0.39, 0.29) is 42.3 Å². The minimum Gasteiger partial charge on any atom is -0.493 e. The van der Waals surface area contributed by atoms with E-state index < -0.39 is 17.6 Å². The monoisotopic (exact) mass is 503 g/mol. The average molecular weight is 503 g/mol. The van der Waals surface area contributed by atoms with Crippen molar-refractivity contribution in [1.82, 2.24) is 4.57 Å². The number of halogens is 1. The summed E-state index contributed by atoms with van der Waals surface area (Å²) in [7, 11) is 0. The normalized spacial score (nSPS) is 12.5. The lowest BCUT2D eigenvalue weighted by atomic mass is 10.1. The lowest BCUT2D eigenvalue weighted by Gasteiger charge is -2.21. The highest BCUT2D eigenvalue weighted by molar-refractivity contribution is 6.07. The highest BCUT2D eigenvalue weighted by atomic mass is 19.1. The van der Waals surface area contributed by atoms with Crippen LogP contribution in [-0.4, -0.2) is 34.9 Å². The number of fused-ring (bicyclic) bond motifs is 2. The van der Waals surface area contributed by atoms with Crippen LogP contribution in [0.2, 0.25) is 0 Å². The molecule has 2 N–H and O–H groups in total. The summed E-state index contributed by atoms with van der Waals surface area (Å²) in [5.74, 6) is -1.08. The first-order chi connectivity index (χ1) is 17.9. The molecular formula is C26H18FN3O7. The third-order valence-corrected chi connectivity index (χ3v) is 6.04. The second-order valence-corrected chi connectivity index (χ2v) is 8.28. The topological polar surface area (TPSA) is 136 Å². The number of carbonyl (C=O) groups is 3. The van der Waals surface area contributed by atoms with E-state index >= 15 is 0 Å². The number of aromatic hydroxyl groups is 1. The third-order valence-electron chi connectivity index (χ3n) is 6.04. The number of amides is 1. The second kappa shape index (κ2) is 9.63. The molecule has 2 heterocycles. The summed E-state index contributed by atoms with van der Waals surface area (Å²) >= 11 is 0. The first kappa shape index (κ1) is 23.8. The first-order valence-electron chi connectivity index (χ1n) is 11.0. The number of carbonyl (C=O) groups excluding carboxylic acids is 3. The zero-order valence-corrected chi connectivity index (χ0v) is 19.1. The largest absolute Gasteiger partial charge is 0.493 e. The molecule has 0 radical (unpaired) electrons. The summed E-state index contributed by atoms with van der Waals surface area (Å²) in [5, 5.41) is 16.7. The molecule has 1 aliphatic heterocycles.